The quantitative estimate of drug-likeness (QED) is 0.629. The lowest BCUT2D eigenvalue weighted by Gasteiger charge is -2.22. The van der Waals surface area contributed by atoms with Crippen molar-refractivity contribution in [3.8, 4) is 0 Å². The average Bonchev–Trinajstić information content (AvgIpc) is 3.00. The van der Waals surface area contributed by atoms with Gasteiger partial charge in [0.25, 0.3) is 0 Å². The molecule has 0 saturated carbocycles. The average molecular weight is 398 g/mol. The molecule has 0 aliphatic heterocycles. The fourth-order valence-corrected chi connectivity index (χ4v) is 3.07. The van der Waals surface area contributed by atoms with Gasteiger partial charge in [-0.2, -0.15) is 0 Å². The number of nitrogens with zero attached hydrogens (tertiary/aromatic N) is 2. The summed E-state index contributed by atoms with van der Waals surface area (Å²) in [5.74, 6) is 0.541. The van der Waals surface area contributed by atoms with E-state index in [0.29, 0.717) is 16.4 Å². The number of benzene rings is 2. The Balaban J connectivity index is 1.96. The number of carbonyl (C=O) groups excluding carboxylic acids is 2. The number of imidazole rings is 1. The lowest BCUT2D eigenvalue weighted by atomic mass is 9.95. The maximum absolute atomic E-state index is 12.8. The zero-order chi connectivity index (χ0) is 20.5. The molecule has 0 saturated heterocycles. The molecule has 0 spiro atoms. The fraction of sp³-hybridized carbons (Fsp3) is 0.318. The minimum absolute atomic E-state index is 0.0459. The van der Waals surface area contributed by atoms with Crippen molar-refractivity contribution in [3.05, 3.63) is 64.9 Å². The molecule has 28 heavy (non-hydrogen) atoms. The van der Waals surface area contributed by atoms with Gasteiger partial charge in [0.2, 0.25) is 5.91 Å². The van der Waals surface area contributed by atoms with Gasteiger partial charge in [-0.15, -0.1) is 0 Å². The molecule has 3 rings (SSSR count). The van der Waals surface area contributed by atoms with Crippen LogP contribution in [0.15, 0.2) is 48.5 Å². The van der Waals surface area contributed by atoms with Crippen LogP contribution < -0.4 is 5.32 Å². The van der Waals surface area contributed by atoms with Gasteiger partial charge in [-0.1, -0.05) is 44.5 Å². The van der Waals surface area contributed by atoms with Gasteiger partial charge in [0, 0.05) is 16.0 Å². The second kappa shape index (κ2) is 7.76. The predicted octanol–water partition coefficient (Wildman–Crippen LogP) is 4.80. The molecular formula is C22H24ClN3O2. The van der Waals surface area contributed by atoms with Gasteiger partial charge in [0.05, 0.1) is 23.6 Å². The van der Waals surface area contributed by atoms with E-state index in [1.807, 2.05) is 56.5 Å². The molecule has 1 aromatic heterocycles. The van der Waals surface area contributed by atoms with E-state index in [4.69, 9.17) is 11.6 Å². The Morgan fingerprint density at radius 2 is 1.75 bits per heavy atom. The zero-order valence-electron chi connectivity index (χ0n) is 16.5. The maximum atomic E-state index is 12.8. The van der Waals surface area contributed by atoms with E-state index in [2.05, 4.69) is 10.3 Å². The number of fused-ring (bicyclic) bond motifs is 1. The molecule has 0 aliphatic rings. The second-order valence-corrected chi connectivity index (χ2v) is 8.36. The highest BCUT2D eigenvalue weighted by atomic mass is 35.5. The first-order valence-electron chi connectivity index (χ1n) is 9.21. The summed E-state index contributed by atoms with van der Waals surface area (Å²) < 4.78 is 1.87. The number of para-hydroxylation sites is 2. The summed E-state index contributed by atoms with van der Waals surface area (Å²) in [5, 5.41) is 3.59. The molecule has 2 aromatic carbocycles. The molecule has 1 atom stereocenters. The summed E-state index contributed by atoms with van der Waals surface area (Å²) in [7, 11) is 0. The predicted molar refractivity (Wildman–Crippen MR) is 112 cm³/mol. The van der Waals surface area contributed by atoms with Crippen molar-refractivity contribution >= 4 is 34.3 Å². The van der Waals surface area contributed by atoms with Gasteiger partial charge in [0.15, 0.2) is 5.78 Å². The lowest BCUT2D eigenvalue weighted by molar-refractivity contribution is -0.129. The van der Waals surface area contributed by atoms with Gasteiger partial charge in [-0.3, -0.25) is 9.59 Å². The summed E-state index contributed by atoms with van der Waals surface area (Å²) in [6, 6.07) is 14.2. The molecule has 6 heteroatoms. The number of nitrogens with one attached hydrogen (secondary N) is 1. The normalized spacial score (nSPS) is 12.8. The number of halogens is 1. The molecule has 1 N–H and O–H groups in total. The van der Waals surface area contributed by atoms with Crippen molar-refractivity contribution < 1.29 is 9.59 Å². The van der Waals surface area contributed by atoms with E-state index < -0.39 is 5.41 Å². The maximum Gasteiger partial charge on any atom is 0.225 e. The summed E-state index contributed by atoms with van der Waals surface area (Å²) in [6.45, 7) is 7.60. The molecule has 0 fully saturated rings. The largest absolute Gasteiger partial charge is 0.346 e. The van der Waals surface area contributed by atoms with E-state index in [-0.39, 0.29) is 24.3 Å². The van der Waals surface area contributed by atoms with E-state index in [1.165, 1.54) is 0 Å². The number of hydrogen-bond acceptors (Lipinski definition) is 3. The Morgan fingerprint density at radius 3 is 2.39 bits per heavy atom. The number of amides is 1. The molecule has 146 valence electrons. The van der Waals surface area contributed by atoms with Gasteiger partial charge in [-0.05, 0) is 43.3 Å². The summed E-state index contributed by atoms with van der Waals surface area (Å²) in [6.07, 6.45) is 0. The molecule has 1 unspecified atom stereocenters. The number of rotatable bonds is 5. The van der Waals surface area contributed by atoms with Crippen LogP contribution in [0.1, 0.15) is 49.9 Å². The van der Waals surface area contributed by atoms with Crippen molar-refractivity contribution in [1.29, 1.82) is 0 Å². The first-order valence-corrected chi connectivity index (χ1v) is 9.59. The molecule has 0 aliphatic carbocycles. The summed E-state index contributed by atoms with van der Waals surface area (Å²) in [4.78, 5) is 30.0. The highest BCUT2D eigenvalue weighted by Gasteiger charge is 2.26. The fourth-order valence-electron chi connectivity index (χ4n) is 2.94. The minimum atomic E-state index is -0.510. The van der Waals surface area contributed by atoms with Gasteiger partial charge < -0.3 is 9.88 Å². The molecule has 1 heterocycles. The number of ketones is 1. The van der Waals surface area contributed by atoms with Crippen LogP contribution in [-0.2, 0) is 11.3 Å². The first kappa shape index (κ1) is 20.1. The minimum Gasteiger partial charge on any atom is -0.346 e. The van der Waals surface area contributed by atoms with Crippen molar-refractivity contribution in [1.82, 2.24) is 14.9 Å². The van der Waals surface area contributed by atoms with Crippen molar-refractivity contribution in [2.24, 2.45) is 5.41 Å². The first-order chi connectivity index (χ1) is 13.2. The van der Waals surface area contributed by atoms with Gasteiger partial charge in [0.1, 0.15) is 5.82 Å². The van der Waals surface area contributed by atoms with Crippen LogP contribution in [0.4, 0.5) is 0 Å². The lowest BCUT2D eigenvalue weighted by Crippen LogP contribution is -2.37. The van der Waals surface area contributed by atoms with Gasteiger partial charge in [-0.25, -0.2) is 4.98 Å². The molecule has 1 amide bonds. The second-order valence-electron chi connectivity index (χ2n) is 7.92. The van der Waals surface area contributed by atoms with Crippen molar-refractivity contribution in [2.75, 3.05) is 0 Å². The third-order valence-corrected chi connectivity index (χ3v) is 4.82. The van der Waals surface area contributed by atoms with Crippen LogP contribution in [-0.4, -0.2) is 21.2 Å². The van der Waals surface area contributed by atoms with E-state index in [9.17, 15) is 9.59 Å². The molecule has 0 bridgehead atoms. The summed E-state index contributed by atoms with van der Waals surface area (Å²) in [5.41, 5.74) is 1.72. The number of hydrogen-bond donors (Lipinski definition) is 1. The third kappa shape index (κ3) is 4.25. The van der Waals surface area contributed by atoms with Crippen LogP contribution in [0.25, 0.3) is 11.0 Å². The van der Waals surface area contributed by atoms with E-state index >= 15 is 0 Å². The molecule has 0 radical (unpaired) electrons. The van der Waals surface area contributed by atoms with Gasteiger partial charge >= 0.3 is 0 Å². The topological polar surface area (TPSA) is 64.0 Å². The zero-order valence-corrected chi connectivity index (χ0v) is 17.2. The molecule has 5 nitrogen and oxygen atoms in total. The Kier molecular flexibility index (Phi) is 5.57. The number of Topliss-reactive ketones (excluding diaryl/α,β-unsaturated/α-hetero) is 1. The highest BCUT2D eigenvalue weighted by molar-refractivity contribution is 6.30. The van der Waals surface area contributed by atoms with E-state index in [0.717, 1.165) is 11.0 Å². The van der Waals surface area contributed by atoms with Crippen LogP contribution in [0, 0.1) is 5.41 Å². The van der Waals surface area contributed by atoms with Crippen molar-refractivity contribution in [2.45, 2.75) is 40.3 Å². The SMILES string of the molecule is CC(NC(=O)C(C)(C)C)c1nc2ccccc2n1CC(=O)c1ccc(Cl)cc1. The van der Waals surface area contributed by atoms with E-state index in [1.54, 1.807) is 24.3 Å². The highest BCUT2D eigenvalue weighted by Crippen LogP contribution is 2.23. The van der Waals surface area contributed by atoms with Crippen LogP contribution in [0.3, 0.4) is 0 Å². The summed E-state index contributed by atoms with van der Waals surface area (Å²) >= 11 is 5.92. The Bertz CT molecular complexity index is 1020. The van der Waals surface area contributed by atoms with Crippen LogP contribution in [0.5, 0.6) is 0 Å². The Hall–Kier alpha value is -2.66. The molecule has 3 aromatic rings. The molecular weight excluding hydrogens is 374 g/mol. The van der Waals surface area contributed by atoms with Crippen LogP contribution in [0.2, 0.25) is 5.02 Å². The Labute approximate surface area is 169 Å². The third-order valence-electron chi connectivity index (χ3n) is 4.57. The smallest absolute Gasteiger partial charge is 0.225 e. The monoisotopic (exact) mass is 397 g/mol. The Morgan fingerprint density at radius 1 is 1.11 bits per heavy atom. The van der Waals surface area contributed by atoms with Crippen LogP contribution >= 0.6 is 11.6 Å². The standard InChI is InChI=1S/C22H24ClN3O2/c1-14(24-21(28)22(2,3)4)20-25-17-7-5-6-8-18(17)26(20)13-19(27)15-9-11-16(23)12-10-15/h5-12,14H,13H2,1-4H3,(H,24,28). The van der Waals surface area contributed by atoms with Crippen molar-refractivity contribution in [3.63, 3.8) is 0 Å². The number of carbonyl (C=O) groups is 2. The number of aromatic nitrogens is 2.